The molecule has 0 bridgehead atoms. The van der Waals surface area contributed by atoms with Crippen molar-refractivity contribution >= 4 is 28.3 Å². The van der Waals surface area contributed by atoms with E-state index in [9.17, 15) is 0 Å². The molecule has 2 unspecified atom stereocenters. The van der Waals surface area contributed by atoms with Gasteiger partial charge in [-0.05, 0) is 13.3 Å². The van der Waals surface area contributed by atoms with Crippen LogP contribution in [0.15, 0.2) is 0 Å². The smallest absolute Gasteiger partial charge is 0.202 e. The number of hydrogen-bond acceptors (Lipinski definition) is 4. The Hall–Kier alpha value is -0.350. The van der Waals surface area contributed by atoms with Crippen molar-refractivity contribution in [2.75, 3.05) is 5.32 Å². The van der Waals surface area contributed by atoms with Gasteiger partial charge in [-0.25, -0.2) is 4.98 Å². The fraction of sp³-hybridized carbons (Fsp3) is 0.778. The Morgan fingerprint density at radius 3 is 2.71 bits per heavy atom. The highest BCUT2D eigenvalue weighted by molar-refractivity contribution is 7.09. The summed E-state index contributed by atoms with van der Waals surface area (Å²) >= 11 is 7.55. The molecule has 5 heteroatoms. The molecule has 0 radical (unpaired) electrons. The van der Waals surface area contributed by atoms with E-state index in [0.717, 1.165) is 17.4 Å². The van der Waals surface area contributed by atoms with Gasteiger partial charge in [-0.2, -0.15) is 4.37 Å². The molecule has 0 saturated heterocycles. The Labute approximate surface area is 93.1 Å². The topological polar surface area (TPSA) is 37.8 Å². The Kier molecular flexibility index (Phi) is 2.43. The summed E-state index contributed by atoms with van der Waals surface area (Å²) in [4.78, 5) is 4.28. The first-order valence-corrected chi connectivity index (χ1v) is 5.92. The molecule has 1 aromatic heterocycles. The predicted molar refractivity (Wildman–Crippen MR) is 60.1 cm³/mol. The van der Waals surface area contributed by atoms with Crippen LogP contribution in [-0.2, 0) is 0 Å². The Balaban J connectivity index is 2.00. The lowest BCUT2D eigenvalue weighted by atomic mass is 9.67. The molecule has 0 amide bonds. The highest BCUT2D eigenvalue weighted by Gasteiger charge is 2.47. The van der Waals surface area contributed by atoms with Gasteiger partial charge in [0.15, 0.2) is 0 Å². The molecule has 1 heterocycles. The van der Waals surface area contributed by atoms with Crippen molar-refractivity contribution in [1.82, 2.24) is 9.36 Å². The molecule has 1 saturated carbocycles. The number of alkyl halides is 1. The van der Waals surface area contributed by atoms with Crippen molar-refractivity contribution < 1.29 is 0 Å². The first-order valence-electron chi connectivity index (χ1n) is 4.71. The minimum atomic E-state index is 0.154. The molecular formula is C9H14ClN3S. The summed E-state index contributed by atoms with van der Waals surface area (Å²) in [7, 11) is 0. The van der Waals surface area contributed by atoms with Crippen molar-refractivity contribution in [3.8, 4) is 0 Å². The van der Waals surface area contributed by atoms with Gasteiger partial charge in [0, 0.05) is 28.4 Å². The van der Waals surface area contributed by atoms with Gasteiger partial charge in [-0.15, -0.1) is 11.6 Å². The lowest BCUT2D eigenvalue weighted by Gasteiger charge is -2.49. The highest BCUT2D eigenvalue weighted by atomic mass is 35.5. The third kappa shape index (κ3) is 1.61. The second kappa shape index (κ2) is 3.35. The number of halogens is 1. The maximum atomic E-state index is 6.13. The van der Waals surface area contributed by atoms with Gasteiger partial charge < -0.3 is 5.32 Å². The average Bonchev–Trinajstić information content (AvgIpc) is 2.51. The number of hydrogen-bond donors (Lipinski definition) is 1. The molecule has 1 aliphatic rings. The summed E-state index contributed by atoms with van der Waals surface area (Å²) in [5, 5.41) is 4.56. The van der Waals surface area contributed by atoms with Crippen LogP contribution in [-0.4, -0.2) is 20.8 Å². The third-order valence-electron chi connectivity index (χ3n) is 2.97. The Morgan fingerprint density at radius 1 is 1.57 bits per heavy atom. The first-order chi connectivity index (χ1) is 6.50. The van der Waals surface area contributed by atoms with Crippen LogP contribution < -0.4 is 5.32 Å². The molecule has 14 heavy (non-hydrogen) atoms. The predicted octanol–water partition coefficient (Wildman–Crippen LogP) is 2.66. The minimum absolute atomic E-state index is 0.154. The van der Waals surface area contributed by atoms with Crippen molar-refractivity contribution in [2.45, 2.75) is 38.6 Å². The summed E-state index contributed by atoms with van der Waals surface area (Å²) in [5.74, 6) is 0.831. The van der Waals surface area contributed by atoms with Crippen molar-refractivity contribution in [3.05, 3.63) is 5.82 Å². The van der Waals surface area contributed by atoms with Gasteiger partial charge in [0.1, 0.15) is 5.82 Å². The number of rotatable bonds is 2. The van der Waals surface area contributed by atoms with E-state index < -0.39 is 0 Å². The quantitative estimate of drug-likeness (QED) is 0.796. The van der Waals surface area contributed by atoms with Crippen LogP contribution in [0.3, 0.4) is 0 Å². The van der Waals surface area contributed by atoms with Gasteiger partial charge in [0.25, 0.3) is 0 Å². The summed E-state index contributed by atoms with van der Waals surface area (Å²) < 4.78 is 4.13. The highest BCUT2D eigenvalue weighted by Crippen LogP contribution is 2.45. The van der Waals surface area contributed by atoms with Crippen LogP contribution >= 0.6 is 23.1 Å². The van der Waals surface area contributed by atoms with Gasteiger partial charge in [-0.3, -0.25) is 0 Å². The second-order valence-electron chi connectivity index (χ2n) is 4.37. The number of aryl methyl sites for hydroxylation is 1. The average molecular weight is 232 g/mol. The zero-order valence-corrected chi connectivity index (χ0v) is 10.1. The van der Waals surface area contributed by atoms with Gasteiger partial charge in [0.2, 0.25) is 5.13 Å². The number of aromatic nitrogens is 2. The first kappa shape index (κ1) is 10.2. The number of nitrogens with zero attached hydrogens (tertiary/aromatic N) is 2. The van der Waals surface area contributed by atoms with E-state index in [1.165, 1.54) is 11.5 Å². The normalized spacial score (nSPS) is 29.7. The van der Waals surface area contributed by atoms with E-state index in [0.29, 0.717) is 6.04 Å². The standard InChI is InChI=1S/C9H14ClN3S/c1-5-11-8(14-13-5)12-7-4-6(10)9(7,2)3/h6-7H,4H2,1-3H3,(H,11,12,13). The van der Waals surface area contributed by atoms with Gasteiger partial charge >= 0.3 is 0 Å². The zero-order valence-electron chi connectivity index (χ0n) is 8.54. The van der Waals surface area contributed by atoms with Gasteiger partial charge in [0.05, 0.1) is 0 Å². The maximum Gasteiger partial charge on any atom is 0.202 e. The minimum Gasteiger partial charge on any atom is -0.357 e. The molecule has 2 rings (SSSR count). The summed E-state index contributed by atoms with van der Waals surface area (Å²) in [5.41, 5.74) is 0.154. The summed E-state index contributed by atoms with van der Waals surface area (Å²) in [6.45, 7) is 6.26. The third-order valence-corrected chi connectivity index (χ3v) is 4.45. The molecule has 1 aliphatic carbocycles. The number of nitrogens with one attached hydrogen (secondary N) is 1. The van der Waals surface area contributed by atoms with E-state index in [2.05, 4.69) is 28.5 Å². The molecule has 1 aromatic rings. The molecule has 2 atom stereocenters. The summed E-state index contributed by atoms with van der Waals surface area (Å²) in [6, 6.07) is 0.428. The SMILES string of the molecule is Cc1nsc(NC2CC(Cl)C2(C)C)n1. The zero-order chi connectivity index (χ0) is 10.3. The molecule has 0 spiro atoms. The lowest BCUT2D eigenvalue weighted by molar-refractivity contribution is 0.168. The Bertz CT molecular complexity index is 337. The molecule has 78 valence electrons. The molecule has 1 fully saturated rings. The largest absolute Gasteiger partial charge is 0.357 e. The molecular weight excluding hydrogens is 218 g/mol. The van der Waals surface area contributed by atoms with Gasteiger partial charge in [-0.1, -0.05) is 13.8 Å². The molecule has 3 nitrogen and oxygen atoms in total. The van der Waals surface area contributed by atoms with Crippen LogP contribution in [0.25, 0.3) is 0 Å². The lowest BCUT2D eigenvalue weighted by Crippen LogP contribution is -2.54. The number of anilines is 1. The fourth-order valence-electron chi connectivity index (χ4n) is 1.62. The van der Waals surface area contributed by atoms with Crippen LogP contribution in [0, 0.1) is 12.3 Å². The van der Waals surface area contributed by atoms with Crippen molar-refractivity contribution in [2.24, 2.45) is 5.41 Å². The summed E-state index contributed by atoms with van der Waals surface area (Å²) in [6.07, 6.45) is 1.01. The van der Waals surface area contributed by atoms with Crippen LogP contribution in [0.5, 0.6) is 0 Å². The molecule has 1 N–H and O–H groups in total. The fourth-order valence-corrected chi connectivity index (χ4v) is 2.58. The second-order valence-corrected chi connectivity index (χ2v) is 5.65. The maximum absolute atomic E-state index is 6.13. The Morgan fingerprint density at radius 2 is 2.29 bits per heavy atom. The molecule has 0 aromatic carbocycles. The monoisotopic (exact) mass is 231 g/mol. The van der Waals surface area contributed by atoms with E-state index in [4.69, 9.17) is 11.6 Å². The van der Waals surface area contributed by atoms with Crippen molar-refractivity contribution in [1.29, 1.82) is 0 Å². The molecule has 0 aliphatic heterocycles. The van der Waals surface area contributed by atoms with E-state index in [1.807, 2.05) is 6.92 Å². The van der Waals surface area contributed by atoms with E-state index >= 15 is 0 Å². The van der Waals surface area contributed by atoms with Crippen LogP contribution in [0.1, 0.15) is 26.1 Å². The van der Waals surface area contributed by atoms with E-state index in [-0.39, 0.29) is 10.8 Å². The van der Waals surface area contributed by atoms with Crippen LogP contribution in [0.4, 0.5) is 5.13 Å². The van der Waals surface area contributed by atoms with Crippen molar-refractivity contribution in [3.63, 3.8) is 0 Å². The van der Waals surface area contributed by atoms with Crippen LogP contribution in [0.2, 0.25) is 0 Å². The van der Waals surface area contributed by atoms with E-state index in [1.54, 1.807) is 0 Å².